The van der Waals surface area contributed by atoms with Gasteiger partial charge in [0.1, 0.15) is 72.8 Å². The monoisotopic (exact) mass is 1890 g/mol. The van der Waals surface area contributed by atoms with Crippen LogP contribution < -0.4 is 86.3 Å². The maximum absolute atomic E-state index is 15.3. The second-order valence-corrected chi connectivity index (χ2v) is 35.5. The number of hydrogen-bond acceptors (Lipinski definition) is 25. The van der Waals surface area contributed by atoms with Gasteiger partial charge in [-0.2, -0.15) is 23.5 Å². The Balaban J connectivity index is 0.812. The van der Waals surface area contributed by atoms with Crippen LogP contribution in [0.15, 0.2) is 158 Å². The van der Waals surface area contributed by atoms with E-state index in [1.807, 2.05) is 78.9 Å². The third-order valence-electron chi connectivity index (χ3n) is 21.4. The number of carbonyl (C=O) groups excluding carboxylic acids is 16. The lowest BCUT2D eigenvalue weighted by Gasteiger charge is -2.31. The molecule has 8 aromatic rings. The van der Waals surface area contributed by atoms with E-state index < -0.39 is 187 Å². The molecule has 132 heavy (non-hydrogen) atoms. The van der Waals surface area contributed by atoms with E-state index >= 15 is 9.59 Å². The Kier molecular flexibility index (Phi) is 41.6. The highest BCUT2D eigenvalue weighted by Gasteiger charge is 2.42. The molecule has 0 saturated carbocycles. The van der Waals surface area contributed by atoms with Gasteiger partial charge in [-0.3, -0.25) is 71.9 Å². The molecule has 39 nitrogen and oxygen atoms in total. The number of ether oxygens (including phenoxy) is 1. The standard InChI is InChI=1S/C89H113N21O18S4/c1-52(101-84(122)69(39-56-42-94-63-23-12-10-21-60(56)63)108-87(125)73-26-16-34-110(73)88(126)71(41-58-44-93-51-100-58)109-86(124)70(40-57-43-95-64-24-13-11-22-61(57)64)106-80(118)62(91)37-53-17-6-4-7-18-53)79(117)103-66(31-35-129-2)82(120)105-67(32-36-130-3)83(121)107-68(38-54-27-29-59(111)30-28-54)85(123)104-65(25-14-15-33-90)81(119)99-47-76(114)97-45-74(112)96-46-75(113)98-48-77(115)102-72(78(92)116)50-131-132-89(127)128-49-55-19-8-5-9-20-55/h4-13,17-24,27-30,42-44,51-52,62,65-73,94-95,111H,14-16,25-26,31-41,45-50,90-91H2,1-3H3,(H2,92,116)(H,93,100)(H,96,112)(H,97,114)(H,98,113)(H,99,119)(H,101,122)(H,102,115)(H,103,117)(H,104,123)(H,105,120)(H,106,118)(H,107,121)(H,108,125)(H,109,124)/t52-,62-,65-,66-,67-,68-,69-,70-,71-,72-,73-/m1/s1. The summed E-state index contributed by atoms with van der Waals surface area (Å²) in [5.41, 5.74) is 22.9. The van der Waals surface area contributed by atoms with Crippen LogP contribution in [0.25, 0.3) is 21.8 Å². The molecule has 0 unspecified atom stereocenters. The first-order chi connectivity index (χ1) is 63.6. The molecule has 3 aromatic heterocycles. The van der Waals surface area contributed by atoms with E-state index in [9.17, 15) is 72.2 Å². The van der Waals surface area contributed by atoms with Crippen molar-refractivity contribution in [3.63, 3.8) is 0 Å². The number of unbranched alkanes of at least 4 members (excludes halogenated alkanes) is 1. The van der Waals surface area contributed by atoms with Gasteiger partial charge in [0.05, 0.1) is 44.2 Å². The molecule has 1 aliphatic heterocycles. The van der Waals surface area contributed by atoms with Crippen molar-refractivity contribution in [3.05, 3.63) is 192 Å². The van der Waals surface area contributed by atoms with Gasteiger partial charge in [-0.1, -0.05) is 120 Å². The minimum absolute atomic E-state index is 0.00810. The Bertz CT molecular complexity index is 5250. The van der Waals surface area contributed by atoms with Crippen molar-refractivity contribution in [1.82, 2.24) is 94.0 Å². The first-order valence-electron chi connectivity index (χ1n) is 42.8. The number of imidazole rings is 1. The summed E-state index contributed by atoms with van der Waals surface area (Å²) in [5.74, 6) is -11.7. The number of hydrogen-bond donors (Lipinski definition) is 20. The second-order valence-electron chi connectivity index (χ2n) is 31.2. The number of fused-ring (bicyclic) bond motifs is 2. The van der Waals surface area contributed by atoms with E-state index in [2.05, 4.69) is 89.1 Å². The molecule has 43 heteroatoms. The summed E-state index contributed by atoms with van der Waals surface area (Å²) in [6.45, 7) is -0.992. The summed E-state index contributed by atoms with van der Waals surface area (Å²) in [7, 11) is 1.60. The molecule has 15 amide bonds. The van der Waals surface area contributed by atoms with Crippen LogP contribution in [0.5, 0.6) is 5.75 Å². The van der Waals surface area contributed by atoms with Crippen LogP contribution in [0, 0.1) is 0 Å². The SMILES string of the molecule is CSCC[C@@H](NC(=O)[C@@H](C)NC(=O)[C@@H](Cc1c[nH]c2ccccc12)NC(=O)[C@H]1CCCN1C(=O)[C@@H](Cc1c[nH]cn1)NC(=O)[C@@H](Cc1c[nH]c2ccccc12)NC(=O)[C@H](N)Cc1ccccc1)C(=O)N[C@H](CCSC)C(=O)N[C@H](Cc1ccc(O)cc1)C(=O)N[C@H](CCCCN)C(=O)NCC(=O)NCC(=O)NCC(=O)NCC(=O)N[C@H](CSSC(=O)OCc1ccccc1)C(N)=O. The number of phenolic OH excluding ortho intramolecular Hbond substituents is 1. The number of H-pyrrole nitrogens is 3. The molecule has 5 aromatic carbocycles. The quantitative estimate of drug-likeness (QED) is 0.0141. The van der Waals surface area contributed by atoms with Gasteiger partial charge in [-0.25, -0.2) is 9.78 Å². The second kappa shape index (κ2) is 53.4. The van der Waals surface area contributed by atoms with Crippen LogP contribution in [0.1, 0.15) is 85.4 Å². The number of amides is 15. The lowest BCUT2D eigenvalue weighted by molar-refractivity contribution is -0.142. The average molecular weight is 1890 g/mol. The normalized spacial score (nSPS) is 14.6. The number of nitrogens with one attached hydrogen (secondary N) is 16. The summed E-state index contributed by atoms with van der Waals surface area (Å²) in [6, 6.07) is 24.0. The van der Waals surface area contributed by atoms with E-state index in [-0.39, 0.29) is 89.0 Å². The van der Waals surface area contributed by atoms with Crippen LogP contribution in [0.2, 0.25) is 0 Å². The van der Waals surface area contributed by atoms with Crippen molar-refractivity contribution < 1.29 is 86.6 Å². The number of primary amides is 1. The molecule has 4 heterocycles. The van der Waals surface area contributed by atoms with Crippen molar-refractivity contribution >= 4 is 161 Å². The van der Waals surface area contributed by atoms with Crippen LogP contribution in [0.3, 0.4) is 0 Å². The number of carbonyl (C=O) groups is 16. The summed E-state index contributed by atoms with van der Waals surface area (Å²) >= 11 is 2.69. The molecule has 9 rings (SSSR count). The summed E-state index contributed by atoms with van der Waals surface area (Å²) in [6.07, 6.45) is 10.7. The first kappa shape index (κ1) is 103. The minimum Gasteiger partial charge on any atom is -0.508 e. The number of thioether (sulfide) groups is 2. The summed E-state index contributed by atoms with van der Waals surface area (Å²) in [4.78, 5) is 237. The van der Waals surface area contributed by atoms with Gasteiger partial charge in [0.15, 0.2) is 0 Å². The first-order valence-corrected chi connectivity index (χ1v) is 47.9. The molecule has 1 saturated heterocycles. The van der Waals surface area contributed by atoms with Gasteiger partial charge in [-0.15, -0.1) is 0 Å². The van der Waals surface area contributed by atoms with Crippen LogP contribution in [0.4, 0.5) is 4.79 Å². The zero-order valence-corrected chi connectivity index (χ0v) is 76.3. The lowest BCUT2D eigenvalue weighted by atomic mass is 10.0. The number of nitrogens with two attached hydrogens (primary N) is 3. The maximum Gasteiger partial charge on any atom is 0.378 e. The predicted octanol–water partition coefficient (Wildman–Crippen LogP) is 0.596. The minimum atomic E-state index is -1.48. The molecule has 23 N–H and O–H groups in total. The van der Waals surface area contributed by atoms with Crippen molar-refractivity contribution in [2.75, 3.05) is 69.0 Å². The van der Waals surface area contributed by atoms with E-state index in [4.69, 9.17) is 21.9 Å². The van der Waals surface area contributed by atoms with Gasteiger partial charge in [0.2, 0.25) is 88.6 Å². The molecule has 0 spiro atoms. The average Bonchev–Trinajstić information content (AvgIpc) is 1.65. The highest BCUT2D eigenvalue weighted by Crippen LogP contribution is 2.27. The van der Waals surface area contributed by atoms with Crippen molar-refractivity contribution in [1.29, 1.82) is 0 Å². The highest BCUT2D eigenvalue weighted by atomic mass is 33.1. The smallest absolute Gasteiger partial charge is 0.378 e. The number of aromatic amines is 3. The third-order valence-corrected chi connectivity index (χ3v) is 24.6. The fourth-order valence-corrected chi connectivity index (χ4v) is 16.9. The molecule has 1 aliphatic rings. The number of benzene rings is 5. The van der Waals surface area contributed by atoms with Gasteiger partial charge in [-0.05, 0) is 141 Å². The third kappa shape index (κ3) is 33.1. The highest BCUT2D eigenvalue weighted by molar-refractivity contribution is 8.82. The Morgan fingerprint density at radius 2 is 0.977 bits per heavy atom. The topological polar surface area (TPSA) is 601 Å². The molecule has 0 aliphatic carbocycles. The molecular weight excluding hydrogens is 1780 g/mol. The van der Waals surface area contributed by atoms with Crippen molar-refractivity contribution in [2.24, 2.45) is 17.2 Å². The zero-order chi connectivity index (χ0) is 95.0. The van der Waals surface area contributed by atoms with Crippen LogP contribution in [-0.4, -0.2) is 259 Å². The predicted molar refractivity (Wildman–Crippen MR) is 501 cm³/mol. The number of rotatable bonds is 53. The van der Waals surface area contributed by atoms with Crippen LogP contribution >= 0.6 is 45.1 Å². The summed E-state index contributed by atoms with van der Waals surface area (Å²) < 4.78 is 5.18. The number of phenols is 1. The number of nitrogens with zero attached hydrogens (tertiary/aromatic N) is 2. The van der Waals surface area contributed by atoms with E-state index in [1.54, 1.807) is 61.4 Å². The number of para-hydroxylation sites is 2. The van der Waals surface area contributed by atoms with Gasteiger partial charge in [0, 0.05) is 89.2 Å². The number of aromatic nitrogens is 4. The fourth-order valence-electron chi connectivity index (χ4n) is 14.2. The molecular formula is C89H113N21O18S4. The number of aromatic hydroxyl groups is 1. The summed E-state index contributed by atoms with van der Waals surface area (Å²) in [5, 5.41) is 45.0. The van der Waals surface area contributed by atoms with Crippen LogP contribution in [-0.2, 0) is 115 Å². The molecule has 0 bridgehead atoms. The molecule has 11 atom stereocenters. The Labute approximate surface area is 777 Å². The Morgan fingerprint density at radius 3 is 1.54 bits per heavy atom. The van der Waals surface area contributed by atoms with Gasteiger partial charge >= 0.3 is 5.30 Å². The zero-order valence-electron chi connectivity index (χ0n) is 73.1. The van der Waals surface area contributed by atoms with E-state index in [0.717, 1.165) is 43.7 Å². The van der Waals surface area contributed by atoms with Gasteiger partial charge in [0.25, 0.3) is 0 Å². The van der Waals surface area contributed by atoms with Crippen molar-refractivity contribution in [3.8, 4) is 5.75 Å². The fraction of sp³-hybridized carbons (Fsp3) is 0.404. The van der Waals surface area contributed by atoms with E-state index in [0.29, 0.717) is 63.9 Å². The van der Waals surface area contributed by atoms with E-state index in [1.165, 1.54) is 65.9 Å². The Hall–Kier alpha value is -13.0. The lowest BCUT2D eigenvalue weighted by Crippen LogP contribution is -2.60. The van der Waals surface area contributed by atoms with Crippen molar-refractivity contribution in [2.45, 2.75) is 157 Å². The Morgan fingerprint density at radius 1 is 0.492 bits per heavy atom. The largest absolute Gasteiger partial charge is 0.508 e. The van der Waals surface area contributed by atoms with Gasteiger partial charge < -0.3 is 116 Å². The molecule has 706 valence electrons. The molecule has 0 radical (unpaired) electrons. The molecule has 1 fully saturated rings. The maximum atomic E-state index is 15.3. The number of likely N-dealkylation sites (tertiary alicyclic amines) is 1.